The molecular formula is C9H17NO6S. The van der Waals surface area contributed by atoms with Gasteiger partial charge < -0.3 is 9.84 Å². The van der Waals surface area contributed by atoms with Crippen LogP contribution in [0.5, 0.6) is 0 Å². The van der Waals surface area contributed by atoms with E-state index in [0.717, 1.165) is 14.0 Å². The normalized spacial score (nSPS) is 15.0. The lowest BCUT2D eigenvalue weighted by molar-refractivity contribution is -0.141. The number of carboxylic acids is 1. The Kier molecular flexibility index (Phi) is 6.11. The first-order chi connectivity index (χ1) is 7.76. The van der Waals surface area contributed by atoms with Gasteiger partial charge in [0.2, 0.25) is 10.0 Å². The summed E-state index contributed by atoms with van der Waals surface area (Å²) in [5.41, 5.74) is 0. The molecule has 0 aliphatic rings. The Hall–Kier alpha value is -1.15. The number of hydrogen-bond donors (Lipinski definition) is 2. The number of carbonyl (C=O) groups excluding carboxylic acids is 1. The van der Waals surface area contributed by atoms with E-state index in [9.17, 15) is 18.0 Å². The van der Waals surface area contributed by atoms with Crippen molar-refractivity contribution in [2.75, 3.05) is 7.11 Å². The first kappa shape index (κ1) is 15.9. The highest BCUT2D eigenvalue weighted by atomic mass is 32.2. The number of carboxylic acid groups (broad SMARTS) is 1. The molecule has 7 nitrogen and oxygen atoms in total. The first-order valence-corrected chi connectivity index (χ1v) is 6.62. The molecule has 0 aromatic carbocycles. The van der Waals surface area contributed by atoms with Gasteiger partial charge in [-0.25, -0.2) is 13.1 Å². The molecule has 0 aliphatic carbocycles. The van der Waals surface area contributed by atoms with E-state index in [-0.39, 0.29) is 6.42 Å². The van der Waals surface area contributed by atoms with E-state index in [2.05, 4.69) is 4.74 Å². The molecule has 0 rings (SSSR count). The Labute approximate surface area is 100 Å². The Bertz CT molecular complexity index is 377. The smallest absolute Gasteiger partial charge is 0.325 e. The van der Waals surface area contributed by atoms with Crippen molar-refractivity contribution in [2.45, 2.75) is 38.0 Å². The second-order valence-corrected chi connectivity index (χ2v) is 5.54. The summed E-state index contributed by atoms with van der Waals surface area (Å²) < 4.78 is 29.6. The van der Waals surface area contributed by atoms with Crippen LogP contribution in [0.25, 0.3) is 0 Å². The molecule has 0 amide bonds. The Morgan fingerprint density at radius 3 is 2.29 bits per heavy atom. The zero-order valence-corrected chi connectivity index (χ0v) is 10.8. The van der Waals surface area contributed by atoms with Gasteiger partial charge in [0, 0.05) is 0 Å². The lowest BCUT2D eigenvalue weighted by Crippen LogP contribution is -2.46. The van der Waals surface area contributed by atoms with Crippen molar-refractivity contribution < 1.29 is 27.9 Å². The van der Waals surface area contributed by atoms with Crippen molar-refractivity contribution in [3.05, 3.63) is 0 Å². The molecule has 0 saturated carbocycles. The van der Waals surface area contributed by atoms with Crippen LogP contribution in [0, 0.1) is 0 Å². The van der Waals surface area contributed by atoms with Gasteiger partial charge in [0.05, 0.1) is 7.11 Å². The zero-order valence-electron chi connectivity index (χ0n) is 9.97. The predicted molar refractivity (Wildman–Crippen MR) is 59.9 cm³/mol. The van der Waals surface area contributed by atoms with Crippen molar-refractivity contribution in [3.63, 3.8) is 0 Å². The molecule has 0 aromatic heterocycles. The number of methoxy groups -OCH3 is 1. The monoisotopic (exact) mass is 267 g/mol. The first-order valence-electron chi connectivity index (χ1n) is 5.08. The maximum absolute atomic E-state index is 11.6. The lowest BCUT2D eigenvalue weighted by Gasteiger charge is -2.16. The van der Waals surface area contributed by atoms with Crippen LogP contribution in [-0.2, 0) is 24.3 Å². The highest BCUT2D eigenvalue weighted by Gasteiger charge is 2.32. The van der Waals surface area contributed by atoms with Crippen LogP contribution in [0.2, 0.25) is 0 Å². The number of carbonyl (C=O) groups is 2. The average molecular weight is 267 g/mol. The molecule has 0 radical (unpaired) electrons. The van der Waals surface area contributed by atoms with Crippen LogP contribution < -0.4 is 4.72 Å². The minimum Gasteiger partial charge on any atom is -0.480 e. The van der Waals surface area contributed by atoms with Crippen LogP contribution >= 0.6 is 0 Å². The molecule has 0 bridgehead atoms. The number of ether oxygens (including phenoxy) is 1. The number of aliphatic carboxylic acids is 1. The fourth-order valence-electron chi connectivity index (χ4n) is 1.11. The fourth-order valence-corrected chi connectivity index (χ4v) is 2.28. The van der Waals surface area contributed by atoms with Crippen LogP contribution in [0.15, 0.2) is 0 Å². The Morgan fingerprint density at radius 1 is 1.41 bits per heavy atom. The third-order valence-corrected chi connectivity index (χ3v) is 3.92. The van der Waals surface area contributed by atoms with Gasteiger partial charge in [-0.2, -0.15) is 0 Å². The number of sulfonamides is 1. The molecule has 0 aliphatic heterocycles. The molecule has 2 N–H and O–H groups in total. The van der Waals surface area contributed by atoms with Crippen LogP contribution in [0.3, 0.4) is 0 Å². The summed E-state index contributed by atoms with van der Waals surface area (Å²) in [5, 5.41) is 7.36. The molecular weight excluding hydrogens is 250 g/mol. The van der Waals surface area contributed by atoms with E-state index in [0.29, 0.717) is 6.42 Å². The SMILES string of the molecule is CCC[C@H](NS(=O)(=O)C(C)C(=O)OC)C(=O)O. The van der Waals surface area contributed by atoms with E-state index in [1.54, 1.807) is 6.92 Å². The molecule has 0 saturated heterocycles. The Morgan fingerprint density at radius 2 is 1.94 bits per heavy atom. The molecule has 0 spiro atoms. The molecule has 2 atom stereocenters. The molecule has 0 fully saturated rings. The van der Waals surface area contributed by atoms with Crippen molar-refractivity contribution >= 4 is 22.0 Å². The molecule has 1 unspecified atom stereocenters. The molecule has 0 heterocycles. The third kappa shape index (κ3) is 4.70. The number of nitrogens with one attached hydrogen (secondary N) is 1. The van der Waals surface area contributed by atoms with Gasteiger partial charge >= 0.3 is 11.9 Å². The van der Waals surface area contributed by atoms with Crippen molar-refractivity contribution in [3.8, 4) is 0 Å². The largest absolute Gasteiger partial charge is 0.480 e. The summed E-state index contributed by atoms with van der Waals surface area (Å²) in [6.45, 7) is 2.87. The maximum atomic E-state index is 11.6. The van der Waals surface area contributed by atoms with E-state index >= 15 is 0 Å². The number of esters is 1. The minimum absolute atomic E-state index is 0.155. The van der Waals surface area contributed by atoms with Crippen molar-refractivity contribution in [2.24, 2.45) is 0 Å². The van der Waals surface area contributed by atoms with E-state index in [4.69, 9.17) is 5.11 Å². The highest BCUT2D eigenvalue weighted by molar-refractivity contribution is 7.90. The van der Waals surface area contributed by atoms with Gasteiger partial charge in [0.15, 0.2) is 5.25 Å². The fraction of sp³-hybridized carbons (Fsp3) is 0.778. The quantitative estimate of drug-likeness (QED) is 0.614. The van der Waals surface area contributed by atoms with Crippen molar-refractivity contribution in [1.29, 1.82) is 0 Å². The van der Waals surface area contributed by atoms with E-state index in [1.165, 1.54) is 0 Å². The number of hydrogen-bond acceptors (Lipinski definition) is 5. The summed E-state index contributed by atoms with van der Waals surface area (Å²) in [4.78, 5) is 21.9. The second-order valence-electron chi connectivity index (χ2n) is 3.51. The summed E-state index contributed by atoms with van der Waals surface area (Å²) in [6, 6.07) is -1.22. The second kappa shape index (κ2) is 6.55. The molecule has 0 aromatic rings. The topological polar surface area (TPSA) is 110 Å². The van der Waals surface area contributed by atoms with Gasteiger partial charge in [-0.3, -0.25) is 9.59 Å². The highest BCUT2D eigenvalue weighted by Crippen LogP contribution is 2.05. The average Bonchev–Trinajstić information content (AvgIpc) is 2.26. The lowest BCUT2D eigenvalue weighted by atomic mass is 10.2. The van der Waals surface area contributed by atoms with Gasteiger partial charge in [-0.05, 0) is 13.3 Å². The van der Waals surface area contributed by atoms with Crippen molar-refractivity contribution in [1.82, 2.24) is 4.72 Å². The van der Waals surface area contributed by atoms with E-state index in [1.807, 2.05) is 4.72 Å². The maximum Gasteiger partial charge on any atom is 0.325 e. The molecule has 17 heavy (non-hydrogen) atoms. The third-order valence-electron chi connectivity index (χ3n) is 2.18. The van der Waals surface area contributed by atoms with E-state index < -0.39 is 33.3 Å². The summed E-state index contributed by atoms with van der Waals surface area (Å²) in [7, 11) is -2.98. The van der Waals surface area contributed by atoms with Gasteiger partial charge in [0.1, 0.15) is 6.04 Å². The van der Waals surface area contributed by atoms with Gasteiger partial charge in [0.25, 0.3) is 0 Å². The van der Waals surface area contributed by atoms with Crippen LogP contribution in [0.1, 0.15) is 26.7 Å². The van der Waals surface area contributed by atoms with Crippen LogP contribution in [0.4, 0.5) is 0 Å². The summed E-state index contributed by atoms with van der Waals surface area (Å²) >= 11 is 0. The zero-order chi connectivity index (χ0) is 13.6. The predicted octanol–water partition coefficient (Wildman–Crippen LogP) is -0.279. The van der Waals surface area contributed by atoms with Gasteiger partial charge in [-0.15, -0.1) is 0 Å². The molecule has 100 valence electrons. The van der Waals surface area contributed by atoms with Gasteiger partial charge in [-0.1, -0.05) is 13.3 Å². The minimum atomic E-state index is -4.04. The Balaban J connectivity index is 4.83. The summed E-state index contributed by atoms with van der Waals surface area (Å²) in [6.07, 6.45) is 0.661. The molecule has 8 heteroatoms. The standard InChI is InChI=1S/C9H17NO6S/c1-4-5-7(8(11)12)10-17(14,15)6(2)9(13)16-3/h6-7,10H,4-5H2,1-3H3,(H,11,12)/t6?,7-/m0/s1. The van der Waals surface area contributed by atoms with Crippen LogP contribution in [-0.4, -0.2) is 43.9 Å². The number of rotatable bonds is 7. The summed E-state index contributed by atoms with van der Waals surface area (Å²) in [5.74, 6) is -2.20.